The number of pyridine rings is 1. The molecule has 1 aromatic carbocycles. The third-order valence-corrected chi connectivity index (χ3v) is 6.58. The van der Waals surface area contributed by atoms with Crippen molar-refractivity contribution in [3.05, 3.63) is 71.2 Å². The van der Waals surface area contributed by atoms with Crippen molar-refractivity contribution in [3.63, 3.8) is 0 Å². The minimum absolute atomic E-state index is 0.266. The highest BCUT2D eigenvalue weighted by Crippen LogP contribution is 2.49. The monoisotopic (exact) mass is 373 g/mol. The van der Waals surface area contributed by atoms with Gasteiger partial charge >= 0.3 is 0 Å². The minimum atomic E-state index is -0.266. The maximum absolute atomic E-state index is 10.9. The van der Waals surface area contributed by atoms with E-state index in [1.165, 1.54) is 40.6 Å². The Balaban J connectivity index is 1.76. The van der Waals surface area contributed by atoms with E-state index in [1.807, 2.05) is 18.2 Å². The first-order chi connectivity index (χ1) is 13.5. The standard InChI is InChI=1S/C24H27N3O/c1-16-8-9-19-18(12-16)22-20-7-5-11-27(20)15-24(2,23(22)26(19)3)13-21(28)17-6-4-10-25-14-17/h4,6,8-10,12-14,20,28H,5,7,11,15H2,1-3H3/b21-13-. The van der Waals surface area contributed by atoms with E-state index < -0.39 is 0 Å². The molecule has 0 saturated carbocycles. The summed E-state index contributed by atoms with van der Waals surface area (Å²) in [6.45, 7) is 6.49. The molecule has 0 bridgehead atoms. The molecule has 0 spiro atoms. The molecule has 2 unspecified atom stereocenters. The Bertz CT molecular complexity index is 1080. The van der Waals surface area contributed by atoms with Crippen molar-refractivity contribution in [2.24, 2.45) is 7.05 Å². The van der Waals surface area contributed by atoms with Gasteiger partial charge in [0.1, 0.15) is 5.76 Å². The third-order valence-electron chi connectivity index (χ3n) is 6.58. The third kappa shape index (κ3) is 2.51. The second kappa shape index (κ2) is 6.21. The summed E-state index contributed by atoms with van der Waals surface area (Å²) in [6.07, 6.45) is 7.96. The molecule has 2 aliphatic rings. The fourth-order valence-electron chi connectivity index (χ4n) is 5.47. The lowest BCUT2D eigenvalue weighted by atomic mass is 9.77. The lowest BCUT2D eigenvalue weighted by molar-refractivity contribution is 0.193. The normalized spacial score (nSPS) is 25.1. The number of benzene rings is 1. The van der Waals surface area contributed by atoms with Crippen LogP contribution in [0.4, 0.5) is 0 Å². The van der Waals surface area contributed by atoms with E-state index in [0.717, 1.165) is 18.7 Å². The van der Waals surface area contributed by atoms with Gasteiger partial charge in [0, 0.05) is 59.6 Å². The van der Waals surface area contributed by atoms with Gasteiger partial charge in [-0.1, -0.05) is 11.6 Å². The molecule has 2 aliphatic heterocycles. The Hall–Kier alpha value is -2.59. The predicted molar refractivity (Wildman–Crippen MR) is 113 cm³/mol. The Morgan fingerprint density at radius 3 is 2.96 bits per heavy atom. The lowest BCUT2D eigenvalue weighted by Gasteiger charge is -2.42. The number of hydrogen-bond acceptors (Lipinski definition) is 3. The number of aromatic nitrogens is 2. The van der Waals surface area contributed by atoms with Crippen molar-refractivity contribution in [1.82, 2.24) is 14.5 Å². The molecule has 1 saturated heterocycles. The van der Waals surface area contributed by atoms with Crippen LogP contribution in [-0.4, -0.2) is 32.6 Å². The maximum Gasteiger partial charge on any atom is 0.121 e. The molecule has 4 heteroatoms. The van der Waals surface area contributed by atoms with Gasteiger partial charge in [0.05, 0.1) is 0 Å². The zero-order valence-electron chi connectivity index (χ0n) is 16.8. The van der Waals surface area contributed by atoms with E-state index in [2.05, 4.69) is 53.5 Å². The topological polar surface area (TPSA) is 41.3 Å². The van der Waals surface area contributed by atoms with Crippen LogP contribution in [-0.2, 0) is 12.5 Å². The Morgan fingerprint density at radius 2 is 2.18 bits per heavy atom. The number of nitrogens with zero attached hydrogens (tertiary/aromatic N) is 3. The molecule has 0 radical (unpaired) electrons. The van der Waals surface area contributed by atoms with Gasteiger partial charge in [-0.3, -0.25) is 9.88 Å². The fraction of sp³-hybridized carbons (Fsp3) is 0.375. The fourth-order valence-corrected chi connectivity index (χ4v) is 5.47. The molecule has 0 aliphatic carbocycles. The highest BCUT2D eigenvalue weighted by atomic mass is 16.3. The summed E-state index contributed by atoms with van der Waals surface area (Å²) < 4.78 is 2.35. The number of hydrogen-bond donors (Lipinski definition) is 1. The first-order valence-corrected chi connectivity index (χ1v) is 10.1. The highest BCUT2D eigenvalue weighted by Gasteiger charge is 2.45. The van der Waals surface area contributed by atoms with E-state index in [-0.39, 0.29) is 5.41 Å². The Labute approximate surface area is 166 Å². The molecule has 28 heavy (non-hydrogen) atoms. The van der Waals surface area contributed by atoms with Crippen molar-refractivity contribution in [1.29, 1.82) is 0 Å². The molecule has 1 fully saturated rings. The Kier molecular flexibility index (Phi) is 3.88. The molecule has 4 heterocycles. The molecule has 4 nitrogen and oxygen atoms in total. The molecule has 0 amide bonds. The quantitative estimate of drug-likeness (QED) is 0.650. The Morgan fingerprint density at radius 1 is 1.32 bits per heavy atom. The van der Waals surface area contributed by atoms with Crippen LogP contribution in [0.3, 0.4) is 0 Å². The van der Waals surface area contributed by atoms with Crippen molar-refractivity contribution in [2.75, 3.05) is 13.1 Å². The van der Waals surface area contributed by atoms with Gasteiger partial charge in [-0.2, -0.15) is 0 Å². The van der Waals surface area contributed by atoms with Crippen LogP contribution in [0.5, 0.6) is 0 Å². The summed E-state index contributed by atoms with van der Waals surface area (Å²) in [5, 5.41) is 12.3. The second-order valence-corrected chi connectivity index (χ2v) is 8.66. The molecular weight excluding hydrogens is 346 g/mol. The van der Waals surface area contributed by atoms with Gasteiger partial charge in [-0.15, -0.1) is 0 Å². The summed E-state index contributed by atoms with van der Waals surface area (Å²) in [5.41, 5.74) is 5.88. The van der Waals surface area contributed by atoms with Crippen molar-refractivity contribution < 1.29 is 5.11 Å². The predicted octanol–water partition coefficient (Wildman–Crippen LogP) is 4.89. The summed E-state index contributed by atoms with van der Waals surface area (Å²) in [4.78, 5) is 6.77. The maximum atomic E-state index is 10.9. The lowest BCUT2D eigenvalue weighted by Crippen LogP contribution is -2.44. The summed E-state index contributed by atoms with van der Waals surface area (Å²) in [5.74, 6) is 0.306. The number of aliphatic hydroxyl groups is 1. The van der Waals surface area contributed by atoms with Gasteiger partial charge in [0.2, 0.25) is 0 Å². The van der Waals surface area contributed by atoms with Crippen LogP contribution < -0.4 is 0 Å². The van der Waals surface area contributed by atoms with Crippen LogP contribution >= 0.6 is 0 Å². The zero-order chi connectivity index (χ0) is 19.5. The average molecular weight is 374 g/mol. The smallest absolute Gasteiger partial charge is 0.121 e. The van der Waals surface area contributed by atoms with Gasteiger partial charge in [0.25, 0.3) is 0 Å². The summed E-state index contributed by atoms with van der Waals surface area (Å²) in [6, 6.07) is 11.0. The molecule has 3 aromatic rings. The number of fused-ring (bicyclic) bond motifs is 5. The summed E-state index contributed by atoms with van der Waals surface area (Å²) in [7, 11) is 2.17. The minimum Gasteiger partial charge on any atom is -0.508 e. The van der Waals surface area contributed by atoms with E-state index in [1.54, 1.807) is 12.4 Å². The van der Waals surface area contributed by atoms with E-state index in [9.17, 15) is 5.11 Å². The average Bonchev–Trinajstić information content (AvgIpc) is 3.25. The first kappa shape index (κ1) is 17.5. The van der Waals surface area contributed by atoms with Crippen molar-refractivity contribution in [2.45, 2.75) is 38.1 Å². The first-order valence-electron chi connectivity index (χ1n) is 10.1. The van der Waals surface area contributed by atoms with E-state index >= 15 is 0 Å². The summed E-state index contributed by atoms with van der Waals surface area (Å²) >= 11 is 0. The van der Waals surface area contributed by atoms with Crippen LogP contribution in [0, 0.1) is 6.92 Å². The van der Waals surface area contributed by atoms with Gasteiger partial charge in [-0.05, 0) is 69.1 Å². The van der Waals surface area contributed by atoms with Crippen molar-refractivity contribution in [3.8, 4) is 0 Å². The van der Waals surface area contributed by atoms with E-state index in [4.69, 9.17) is 0 Å². The van der Waals surface area contributed by atoms with Crippen LogP contribution in [0.2, 0.25) is 0 Å². The molecular formula is C24H27N3O. The molecule has 2 aromatic heterocycles. The SMILES string of the molecule is Cc1ccc2c(c1)c1c(n2C)C(C)(/C=C(\O)c2cccnc2)CN2CCCC12. The van der Waals surface area contributed by atoms with Gasteiger partial charge in [0.15, 0.2) is 0 Å². The zero-order valence-corrected chi connectivity index (χ0v) is 16.8. The number of rotatable bonds is 2. The van der Waals surface area contributed by atoms with E-state index in [0.29, 0.717) is 11.8 Å². The molecule has 144 valence electrons. The largest absolute Gasteiger partial charge is 0.508 e. The van der Waals surface area contributed by atoms with Crippen LogP contribution in [0.1, 0.15) is 48.2 Å². The molecule has 2 atom stereocenters. The van der Waals surface area contributed by atoms with Gasteiger partial charge < -0.3 is 9.67 Å². The van der Waals surface area contributed by atoms with Crippen LogP contribution in [0.25, 0.3) is 16.7 Å². The van der Waals surface area contributed by atoms with Crippen molar-refractivity contribution >= 4 is 16.7 Å². The molecule has 5 rings (SSSR count). The highest BCUT2D eigenvalue weighted by molar-refractivity contribution is 5.88. The van der Waals surface area contributed by atoms with Gasteiger partial charge in [-0.25, -0.2) is 0 Å². The molecule has 1 N–H and O–H groups in total. The number of aryl methyl sites for hydroxylation is 2. The number of aliphatic hydroxyl groups excluding tert-OH is 1. The van der Waals surface area contributed by atoms with Crippen LogP contribution in [0.15, 0.2) is 48.8 Å². The second-order valence-electron chi connectivity index (χ2n) is 8.66.